The number of ether oxygens (including phenoxy) is 1. The summed E-state index contributed by atoms with van der Waals surface area (Å²) in [5.74, 6) is 0.707. The van der Waals surface area contributed by atoms with Crippen LogP contribution in [0.3, 0.4) is 0 Å². The minimum Gasteiger partial charge on any atom is -0.476 e. The zero-order valence-electron chi connectivity index (χ0n) is 21.5. The van der Waals surface area contributed by atoms with Crippen molar-refractivity contribution in [1.29, 1.82) is 0 Å². The molecule has 0 atom stereocenters. The third kappa shape index (κ3) is 7.15. The monoisotopic (exact) mass is 556 g/mol. The maximum Gasteiger partial charge on any atom is 0.355 e. The quantitative estimate of drug-likeness (QED) is 0.201. The zero-order valence-corrected chi connectivity index (χ0v) is 21.5. The van der Waals surface area contributed by atoms with Crippen LogP contribution < -0.4 is 15.4 Å². The fourth-order valence-electron chi connectivity index (χ4n) is 3.82. The van der Waals surface area contributed by atoms with E-state index in [1.165, 1.54) is 24.5 Å². The van der Waals surface area contributed by atoms with E-state index in [-0.39, 0.29) is 40.8 Å². The van der Waals surface area contributed by atoms with Gasteiger partial charge in [-0.25, -0.2) is 19.7 Å². The van der Waals surface area contributed by atoms with Crippen LogP contribution in [0.1, 0.15) is 36.2 Å². The van der Waals surface area contributed by atoms with E-state index in [0.29, 0.717) is 28.1 Å². The van der Waals surface area contributed by atoms with Crippen molar-refractivity contribution in [2.24, 2.45) is 11.8 Å². The number of nitrogens with zero attached hydrogens (tertiary/aromatic N) is 4. The molecular weight excluding hydrogens is 532 g/mol. The first-order valence-electron chi connectivity index (χ1n) is 12.7. The molecule has 2 saturated carbocycles. The summed E-state index contributed by atoms with van der Waals surface area (Å²) in [5, 5.41) is 26.2. The lowest BCUT2D eigenvalue weighted by atomic mass is 10.1. The molecule has 2 aliphatic rings. The molecule has 13 heteroatoms. The smallest absolute Gasteiger partial charge is 0.355 e. The number of aromatic carboxylic acids is 1. The molecule has 208 valence electrons. The number of carboxylic acids is 1. The first-order valence-corrected chi connectivity index (χ1v) is 12.7. The van der Waals surface area contributed by atoms with Gasteiger partial charge in [0.05, 0.1) is 11.0 Å². The van der Waals surface area contributed by atoms with E-state index in [0.717, 1.165) is 25.7 Å². The van der Waals surface area contributed by atoms with Crippen molar-refractivity contribution < 1.29 is 29.2 Å². The maximum absolute atomic E-state index is 11.8. The molecule has 2 amide bonds. The first kappa shape index (κ1) is 27.1. The number of anilines is 2. The molecule has 0 spiro atoms. The second-order valence-corrected chi connectivity index (χ2v) is 9.51. The number of hydrogen-bond acceptors (Lipinski definition) is 9. The number of carboxylic acid groups (broad SMARTS) is 1. The summed E-state index contributed by atoms with van der Waals surface area (Å²) in [7, 11) is 0. The lowest BCUT2D eigenvalue weighted by molar-refractivity contribution is -0.384. The number of carbonyl (C=O) groups excluding carboxylic acids is 2. The summed E-state index contributed by atoms with van der Waals surface area (Å²) in [6.07, 6.45) is 7.94. The number of nitro groups is 1. The molecule has 0 radical (unpaired) electrons. The molecule has 0 unspecified atom stereocenters. The second-order valence-electron chi connectivity index (χ2n) is 9.51. The number of amides is 2. The molecule has 13 nitrogen and oxygen atoms in total. The Bertz CT molecular complexity index is 1650. The highest BCUT2D eigenvalue weighted by Gasteiger charge is 2.30. The van der Waals surface area contributed by atoms with E-state index in [1.807, 2.05) is 0 Å². The van der Waals surface area contributed by atoms with Gasteiger partial charge in [0.1, 0.15) is 23.1 Å². The number of pyridine rings is 3. The number of nitrogens with one attached hydrogen (secondary N) is 2. The zero-order chi connectivity index (χ0) is 28.9. The van der Waals surface area contributed by atoms with Gasteiger partial charge in [0.2, 0.25) is 11.8 Å². The number of benzene rings is 1. The molecule has 2 aliphatic carbocycles. The predicted octanol–water partition coefficient (Wildman–Crippen LogP) is 4.81. The van der Waals surface area contributed by atoms with E-state index >= 15 is 0 Å². The first-order chi connectivity index (χ1) is 19.8. The normalized spacial score (nSPS) is 13.9. The molecular formula is C28H24N6O7. The van der Waals surface area contributed by atoms with Crippen LogP contribution in [0.4, 0.5) is 17.3 Å². The Kier molecular flexibility index (Phi) is 7.76. The van der Waals surface area contributed by atoms with Crippen molar-refractivity contribution in [3.63, 3.8) is 0 Å². The second kappa shape index (κ2) is 11.7. The van der Waals surface area contributed by atoms with Crippen LogP contribution in [0.25, 0.3) is 10.8 Å². The number of carbonyl (C=O) groups is 3. The number of hydrogen-bond donors (Lipinski definition) is 3. The average molecular weight is 557 g/mol. The highest BCUT2D eigenvalue weighted by Crippen LogP contribution is 2.32. The van der Waals surface area contributed by atoms with Gasteiger partial charge in [0, 0.05) is 47.9 Å². The Morgan fingerprint density at radius 2 is 1.39 bits per heavy atom. The molecule has 3 N–H and O–H groups in total. The van der Waals surface area contributed by atoms with Crippen molar-refractivity contribution in [3.8, 4) is 11.5 Å². The van der Waals surface area contributed by atoms with Gasteiger partial charge >= 0.3 is 5.97 Å². The number of fused-ring (bicyclic) bond motifs is 1. The van der Waals surface area contributed by atoms with Crippen LogP contribution in [0.5, 0.6) is 11.5 Å². The Balaban J connectivity index is 0.000000191. The van der Waals surface area contributed by atoms with Crippen LogP contribution in [-0.4, -0.2) is 42.8 Å². The molecule has 4 aromatic rings. The standard InChI is InChI=1S/C19H15N3O4.C9H9N3O3/c23-18(11-1-2-11)22-16-10-14(6-8-20-16)26-13-3-4-15-12(9-13)5-7-21-17(15)19(24)25;13-9(6-1-2-6)11-8-5-7(12(14)15)3-4-10-8/h3-11H,1-2H2,(H,24,25)(H,20,22,23);3-6H,1-2H2,(H,10,11,13). The van der Waals surface area contributed by atoms with E-state index < -0.39 is 10.9 Å². The molecule has 41 heavy (non-hydrogen) atoms. The Hall–Kier alpha value is -5.46. The molecule has 2 fully saturated rings. The topological polar surface area (TPSA) is 187 Å². The Morgan fingerprint density at radius 3 is 2.00 bits per heavy atom. The summed E-state index contributed by atoms with van der Waals surface area (Å²) < 4.78 is 5.83. The van der Waals surface area contributed by atoms with E-state index in [9.17, 15) is 29.6 Å². The van der Waals surface area contributed by atoms with Gasteiger partial charge in [-0.2, -0.15) is 0 Å². The summed E-state index contributed by atoms with van der Waals surface area (Å²) in [4.78, 5) is 56.2. The largest absolute Gasteiger partial charge is 0.476 e. The van der Waals surface area contributed by atoms with Crippen molar-refractivity contribution in [1.82, 2.24) is 15.0 Å². The summed E-state index contributed by atoms with van der Waals surface area (Å²) >= 11 is 0. The highest BCUT2D eigenvalue weighted by molar-refractivity contribution is 6.02. The molecule has 1 aromatic carbocycles. The van der Waals surface area contributed by atoms with Gasteiger partial charge in [-0.15, -0.1) is 0 Å². The third-order valence-corrected chi connectivity index (χ3v) is 6.26. The van der Waals surface area contributed by atoms with Gasteiger partial charge in [-0.05, 0) is 61.4 Å². The molecule has 0 aliphatic heterocycles. The summed E-state index contributed by atoms with van der Waals surface area (Å²) in [6.45, 7) is 0. The van der Waals surface area contributed by atoms with Crippen LogP contribution in [0, 0.1) is 22.0 Å². The SMILES string of the molecule is O=C(Nc1cc([N+](=O)[O-])ccn1)C1CC1.O=C(O)c1nccc2cc(Oc3ccnc(NC(=O)C4CC4)c3)ccc12. The van der Waals surface area contributed by atoms with Gasteiger partial charge in [0.15, 0.2) is 5.69 Å². The highest BCUT2D eigenvalue weighted by atomic mass is 16.6. The van der Waals surface area contributed by atoms with Crippen molar-refractivity contribution >= 4 is 45.9 Å². The van der Waals surface area contributed by atoms with Gasteiger partial charge in [0.25, 0.3) is 5.69 Å². The molecule has 3 aromatic heterocycles. The van der Waals surface area contributed by atoms with E-state index in [1.54, 1.807) is 42.6 Å². The minimum atomic E-state index is -1.07. The van der Waals surface area contributed by atoms with Crippen molar-refractivity contribution in [2.75, 3.05) is 10.6 Å². The minimum absolute atomic E-state index is 0.00281. The average Bonchev–Trinajstić information content (AvgIpc) is 3.87. The third-order valence-electron chi connectivity index (χ3n) is 6.26. The van der Waals surface area contributed by atoms with Gasteiger partial charge in [-0.1, -0.05) is 0 Å². The lowest BCUT2D eigenvalue weighted by Crippen LogP contribution is -2.14. The van der Waals surface area contributed by atoms with Crippen molar-refractivity contribution in [2.45, 2.75) is 25.7 Å². The maximum atomic E-state index is 11.8. The van der Waals surface area contributed by atoms with Crippen LogP contribution in [-0.2, 0) is 9.59 Å². The van der Waals surface area contributed by atoms with Crippen molar-refractivity contribution in [3.05, 3.63) is 82.9 Å². The Labute approximate surface area is 232 Å². The summed E-state index contributed by atoms with van der Waals surface area (Å²) in [6, 6.07) is 12.7. The number of rotatable bonds is 8. The van der Waals surface area contributed by atoms with Crippen LogP contribution in [0.2, 0.25) is 0 Å². The summed E-state index contributed by atoms with van der Waals surface area (Å²) in [5.41, 5.74) is -0.0702. The molecule has 6 rings (SSSR count). The van der Waals surface area contributed by atoms with Crippen LogP contribution in [0.15, 0.2) is 67.1 Å². The lowest BCUT2D eigenvalue weighted by Gasteiger charge is -2.09. The van der Waals surface area contributed by atoms with E-state index in [4.69, 9.17) is 4.74 Å². The Morgan fingerprint density at radius 1 is 0.805 bits per heavy atom. The predicted molar refractivity (Wildman–Crippen MR) is 147 cm³/mol. The van der Waals surface area contributed by atoms with Gasteiger partial charge < -0.3 is 20.5 Å². The van der Waals surface area contributed by atoms with E-state index in [2.05, 4.69) is 25.6 Å². The molecule has 3 heterocycles. The van der Waals surface area contributed by atoms with Crippen LogP contribution >= 0.6 is 0 Å². The molecule has 0 bridgehead atoms. The van der Waals surface area contributed by atoms with Gasteiger partial charge in [-0.3, -0.25) is 19.7 Å². The number of aromatic nitrogens is 3. The fourth-order valence-corrected chi connectivity index (χ4v) is 3.82. The molecule has 0 saturated heterocycles. The fraction of sp³-hybridized carbons (Fsp3) is 0.214.